The summed E-state index contributed by atoms with van der Waals surface area (Å²) in [6.45, 7) is 4.00. The van der Waals surface area contributed by atoms with Crippen LogP contribution >= 0.6 is 11.8 Å². The summed E-state index contributed by atoms with van der Waals surface area (Å²) in [5.74, 6) is 0.996. The van der Waals surface area contributed by atoms with E-state index in [1.165, 1.54) is 25.7 Å². The molecule has 1 heterocycles. The van der Waals surface area contributed by atoms with E-state index in [2.05, 4.69) is 12.2 Å². The highest BCUT2D eigenvalue weighted by Gasteiger charge is 2.28. The van der Waals surface area contributed by atoms with Crippen LogP contribution in [0.3, 0.4) is 0 Å². The number of thioether (sulfide) groups is 1. The lowest BCUT2D eigenvalue weighted by Crippen LogP contribution is -2.32. The Morgan fingerprint density at radius 3 is 2.95 bits per heavy atom. The fourth-order valence-corrected chi connectivity index (χ4v) is 3.70. The first kappa shape index (κ1) is 14.4. The third-order valence-electron chi connectivity index (χ3n) is 3.54. The first-order valence-electron chi connectivity index (χ1n) is 6.65. The van der Waals surface area contributed by atoms with E-state index in [0.717, 1.165) is 12.1 Å². The number of carbonyl (C=O) groups is 1. The highest BCUT2D eigenvalue weighted by molar-refractivity contribution is 8.00. The predicted molar refractivity (Wildman–Crippen MR) is 79.6 cm³/mol. The number of rotatable bonds is 5. The molecule has 1 aromatic carbocycles. The van der Waals surface area contributed by atoms with Crippen LogP contribution in [0.4, 0.5) is 0 Å². The fourth-order valence-electron chi connectivity index (χ4n) is 2.42. The van der Waals surface area contributed by atoms with Crippen LogP contribution in [-0.2, 0) is 11.3 Å². The second-order valence-corrected chi connectivity index (χ2v) is 6.84. The summed E-state index contributed by atoms with van der Waals surface area (Å²) < 4.78 is 5.15. The summed E-state index contributed by atoms with van der Waals surface area (Å²) in [6, 6.07) is 7.61. The highest BCUT2D eigenvalue weighted by Crippen LogP contribution is 2.36. The van der Waals surface area contributed by atoms with E-state index in [4.69, 9.17) is 4.74 Å². The van der Waals surface area contributed by atoms with Crippen molar-refractivity contribution in [2.24, 2.45) is 0 Å². The van der Waals surface area contributed by atoms with Gasteiger partial charge in [0.05, 0.1) is 12.7 Å². The van der Waals surface area contributed by atoms with Gasteiger partial charge in [0.15, 0.2) is 0 Å². The van der Waals surface area contributed by atoms with Gasteiger partial charge in [0, 0.05) is 17.8 Å². The quantitative estimate of drug-likeness (QED) is 0.841. The van der Waals surface area contributed by atoms with Gasteiger partial charge in [0.2, 0.25) is 0 Å². The first-order chi connectivity index (χ1) is 9.14. The Morgan fingerprint density at radius 1 is 1.47 bits per heavy atom. The van der Waals surface area contributed by atoms with Crippen LogP contribution < -0.4 is 5.32 Å². The number of esters is 1. The van der Waals surface area contributed by atoms with E-state index in [1.54, 1.807) is 0 Å². The Hall–Kier alpha value is -1.00. The zero-order chi connectivity index (χ0) is 13.7. The normalized spacial score (nSPS) is 22.4. The van der Waals surface area contributed by atoms with E-state index in [0.29, 0.717) is 16.9 Å². The maximum atomic E-state index is 11.7. The molecule has 0 aromatic heterocycles. The molecule has 0 amide bonds. The third kappa shape index (κ3) is 3.74. The standard InChI is InChI=1S/C15H21NO2S/c1-15(8-5-9-19-15)11-16-10-12-6-3-4-7-13(12)14(17)18-2/h3-4,6-7,16H,5,8-11H2,1-2H3. The summed E-state index contributed by atoms with van der Waals surface area (Å²) in [5.41, 5.74) is 1.66. The summed E-state index contributed by atoms with van der Waals surface area (Å²) in [6.07, 6.45) is 2.57. The minimum Gasteiger partial charge on any atom is -0.465 e. The van der Waals surface area contributed by atoms with Crippen molar-refractivity contribution in [3.8, 4) is 0 Å². The molecule has 0 radical (unpaired) electrons. The summed E-state index contributed by atoms with van der Waals surface area (Å²) in [4.78, 5) is 11.7. The number of benzene rings is 1. The predicted octanol–water partition coefficient (Wildman–Crippen LogP) is 2.85. The number of ether oxygens (including phenoxy) is 1. The van der Waals surface area contributed by atoms with E-state index < -0.39 is 0 Å². The molecule has 1 fully saturated rings. The van der Waals surface area contributed by atoms with Gasteiger partial charge in [-0.05, 0) is 37.1 Å². The Labute approximate surface area is 119 Å². The minimum absolute atomic E-state index is 0.265. The number of hydrogen-bond donors (Lipinski definition) is 1. The number of nitrogens with one attached hydrogen (secondary N) is 1. The maximum Gasteiger partial charge on any atom is 0.338 e. The van der Waals surface area contributed by atoms with E-state index >= 15 is 0 Å². The van der Waals surface area contributed by atoms with Crippen LogP contribution in [0.2, 0.25) is 0 Å². The van der Waals surface area contributed by atoms with Gasteiger partial charge in [0.1, 0.15) is 0 Å². The van der Waals surface area contributed by atoms with Crippen molar-refractivity contribution in [3.63, 3.8) is 0 Å². The lowest BCUT2D eigenvalue weighted by atomic mass is 10.0. The summed E-state index contributed by atoms with van der Waals surface area (Å²) in [7, 11) is 1.42. The topological polar surface area (TPSA) is 38.3 Å². The molecule has 0 saturated carbocycles. The van der Waals surface area contributed by atoms with Crippen LogP contribution in [0.25, 0.3) is 0 Å². The Kier molecular flexibility index (Phi) is 4.88. The zero-order valence-electron chi connectivity index (χ0n) is 11.6. The summed E-state index contributed by atoms with van der Waals surface area (Å²) in [5, 5.41) is 3.47. The maximum absolute atomic E-state index is 11.7. The molecule has 0 bridgehead atoms. The van der Waals surface area contributed by atoms with Crippen LogP contribution in [-0.4, -0.2) is 30.1 Å². The molecule has 1 aliphatic rings. The highest BCUT2D eigenvalue weighted by atomic mass is 32.2. The molecule has 1 atom stereocenters. The molecule has 104 valence electrons. The Balaban J connectivity index is 1.94. The van der Waals surface area contributed by atoms with Gasteiger partial charge >= 0.3 is 5.97 Å². The number of methoxy groups -OCH3 is 1. The molecule has 1 aromatic rings. The van der Waals surface area contributed by atoms with Crippen molar-refractivity contribution in [2.75, 3.05) is 19.4 Å². The number of hydrogen-bond acceptors (Lipinski definition) is 4. The van der Waals surface area contributed by atoms with Gasteiger partial charge in [-0.2, -0.15) is 11.8 Å². The van der Waals surface area contributed by atoms with Gasteiger partial charge in [-0.25, -0.2) is 4.79 Å². The first-order valence-corrected chi connectivity index (χ1v) is 7.64. The van der Waals surface area contributed by atoms with E-state index in [1.807, 2.05) is 36.0 Å². The van der Waals surface area contributed by atoms with Crippen LogP contribution in [0.5, 0.6) is 0 Å². The lowest BCUT2D eigenvalue weighted by molar-refractivity contribution is 0.0599. The van der Waals surface area contributed by atoms with Gasteiger partial charge in [-0.15, -0.1) is 0 Å². The largest absolute Gasteiger partial charge is 0.465 e. The molecule has 1 unspecified atom stereocenters. The van der Waals surface area contributed by atoms with E-state index in [9.17, 15) is 4.79 Å². The molecule has 1 saturated heterocycles. The molecule has 3 nitrogen and oxygen atoms in total. The molecule has 0 aliphatic carbocycles. The average molecular weight is 279 g/mol. The second-order valence-electron chi connectivity index (χ2n) is 5.15. The van der Waals surface area contributed by atoms with Crippen LogP contribution in [0, 0.1) is 0 Å². The van der Waals surface area contributed by atoms with Gasteiger partial charge < -0.3 is 10.1 Å². The zero-order valence-corrected chi connectivity index (χ0v) is 12.4. The van der Waals surface area contributed by atoms with Crippen LogP contribution in [0.15, 0.2) is 24.3 Å². The van der Waals surface area contributed by atoms with Gasteiger partial charge in [0.25, 0.3) is 0 Å². The van der Waals surface area contributed by atoms with Crippen molar-refractivity contribution in [1.29, 1.82) is 0 Å². The second kappa shape index (κ2) is 6.44. The molecular formula is C15H21NO2S. The molecule has 1 aliphatic heterocycles. The summed E-state index contributed by atoms with van der Waals surface area (Å²) >= 11 is 2.04. The van der Waals surface area contributed by atoms with Gasteiger partial charge in [-0.1, -0.05) is 18.2 Å². The lowest BCUT2D eigenvalue weighted by Gasteiger charge is -2.23. The average Bonchev–Trinajstić information content (AvgIpc) is 2.85. The molecule has 19 heavy (non-hydrogen) atoms. The van der Waals surface area contributed by atoms with E-state index in [-0.39, 0.29) is 5.97 Å². The Bertz CT molecular complexity index is 442. The third-order valence-corrected chi connectivity index (χ3v) is 5.08. The van der Waals surface area contributed by atoms with Gasteiger partial charge in [-0.3, -0.25) is 0 Å². The fraction of sp³-hybridized carbons (Fsp3) is 0.533. The molecule has 2 rings (SSSR count). The molecule has 0 spiro atoms. The van der Waals surface area contributed by atoms with Crippen molar-refractivity contribution in [1.82, 2.24) is 5.32 Å². The van der Waals surface area contributed by atoms with Crippen LogP contribution in [0.1, 0.15) is 35.7 Å². The SMILES string of the molecule is COC(=O)c1ccccc1CNCC1(C)CCCS1. The van der Waals surface area contributed by atoms with Crippen molar-refractivity contribution < 1.29 is 9.53 Å². The number of carbonyl (C=O) groups excluding carboxylic acids is 1. The Morgan fingerprint density at radius 2 is 2.26 bits per heavy atom. The monoisotopic (exact) mass is 279 g/mol. The molecule has 1 N–H and O–H groups in total. The smallest absolute Gasteiger partial charge is 0.338 e. The molecular weight excluding hydrogens is 258 g/mol. The van der Waals surface area contributed by atoms with Crippen molar-refractivity contribution >= 4 is 17.7 Å². The minimum atomic E-state index is -0.265. The van der Waals surface area contributed by atoms with Crippen molar-refractivity contribution in [2.45, 2.75) is 31.1 Å². The molecule has 4 heteroatoms. The van der Waals surface area contributed by atoms with Crippen molar-refractivity contribution in [3.05, 3.63) is 35.4 Å².